The van der Waals surface area contributed by atoms with Crippen molar-refractivity contribution in [1.29, 1.82) is 5.26 Å². The molecule has 0 aliphatic heterocycles. The Labute approximate surface area is 800 Å². The van der Waals surface area contributed by atoms with E-state index in [0.29, 0.717) is 104 Å². The molecular formula is C110H145Cl3N12O8. The van der Waals surface area contributed by atoms with Gasteiger partial charge in [0.25, 0.3) is 0 Å². The van der Waals surface area contributed by atoms with E-state index in [0.717, 1.165) is 192 Å². The highest BCUT2D eigenvalue weighted by molar-refractivity contribution is 6.32. The predicted molar refractivity (Wildman–Crippen MR) is 517 cm³/mol. The van der Waals surface area contributed by atoms with E-state index in [9.17, 15) is 39.6 Å². The lowest BCUT2D eigenvalue weighted by molar-refractivity contribution is -0.133. The Morgan fingerprint density at radius 1 is 0.346 bits per heavy atom. The fraction of sp³-hybridized carbons (Fsp3) is 0.727. The van der Waals surface area contributed by atoms with Crippen LogP contribution in [0.3, 0.4) is 0 Å². The number of fused-ring (bicyclic) bond motifs is 24. The number of hydrogen-bond donors (Lipinski definition) is 4. The zero-order chi connectivity index (χ0) is 92.5. The molecule has 0 saturated heterocycles. The van der Waals surface area contributed by atoms with Crippen LogP contribution < -0.4 is 0 Å². The maximum atomic E-state index is 13.7. The standard InChI is InChI=1S/C29H37N3O2.3C27H36ClN3O2/c1-28(34)11-9-21-19(14-28)4-5-23-22(21)10-12-29(2)24(23)6-7-25(29)27(33)17-32-26-8-3-18(15-30)13-20(26)16-31-32;1-26(33)11-9-18-16(14-26)3-5-20-19(18)10-12-27(2)21(20)6-7-22(27)25(32)15-31-24-8-4-17(28)13-23(24)29-30-31;1-26(33)11-9-18-16(14-26)3-5-20-19(18)10-12-27(2)21(20)6-7-22(27)25(32)15-31-24-13-17(28)4-8-23(24)29-30-31;1-26(33)11-9-18-16(14-26)3-5-20-19(18)10-12-27(2)21(20)6-7-22(27)25(32)15-31-29-23-8-4-17(28)13-24(23)30-31/h3,8,13,16,19,21-25,34H,4-7,9-12,14,17H2,1-2H3;3*4,8,13,16,18-22,33H,3,5-7,9-12,14-15H2,1-2H3/t19-,21+,22-,23-,24+,25-,28-,29+;3*16-,18+,19-,20-,21+,22-,26-,27+/m1111/s1. The summed E-state index contributed by atoms with van der Waals surface area (Å²) >= 11 is 18.4. The highest BCUT2D eigenvalue weighted by atomic mass is 35.5. The summed E-state index contributed by atoms with van der Waals surface area (Å²) in [6.45, 7) is 19.0. The van der Waals surface area contributed by atoms with E-state index in [1.807, 2.05) is 87.0 Å². The van der Waals surface area contributed by atoms with E-state index < -0.39 is 22.4 Å². The van der Waals surface area contributed by atoms with Crippen LogP contribution in [0.25, 0.3) is 44.0 Å². The van der Waals surface area contributed by atoms with E-state index in [1.54, 1.807) is 38.6 Å². The number of halogens is 3. The van der Waals surface area contributed by atoms with Gasteiger partial charge in [-0.2, -0.15) is 25.4 Å². The molecule has 4 aromatic heterocycles. The summed E-state index contributed by atoms with van der Waals surface area (Å²) in [4.78, 5) is 56.0. The molecule has 4 aromatic carbocycles. The summed E-state index contributed by atoms with van der Waals surface area (Å²) in [6, 6.07) is 24.3. The lowest BCUT2D eigenvalue weighted by Crippen LogP contribution is -2.51. The van der Waals surface area contributed by atoms with E-state index in [1.165, 1.54) is 154 Å². The van der Waals surface area contributed by atoms with Crippen molar-refractivity contribution in [2.45, 2.75) is 335 Å². The fourth-order valence-electron chi connectivity index (χ4n) is 35.9. The normalized spacial score (nSPS) is 42.2. The number of hydrogen-bond acceptors (Lipinski definition) is 16. The van der Waals surface area contributed by atoms with Crippen molar-refractivity contribution in [2.24, 2.45) is 164 Å². The monoisotopic (exact) mass is 1870 g/mol. The molecule has 16 aliphatic rings. The van der Waals surface area contributed by atoms with Crippen LogP contribution in [0.1, 0.15) is 292 Å². The largest absolute Gasteiger partial charge is 0.390 e. The van der Waals surface area contributed by atoms with Crippen LogP contribution in [0.5, 0.6) is 0 Å². The number of rotatable bonds is 12. The molecule has 0 unspecified atom stereocenters. The maximum Gasteiger partial charge on any atom is 0.159 e. The summed E-state index contributed by atoms with van der Waals surface area (Å²) in [6.07, 6.45) is 43.0. The summed E-state index contributed by atoms with van der Waals surface area (Å²) in [5.41, 5.74) is 4.94. The second-order valence-electron chi connectivity index (χ2n) is 49.1. The van der Waals surface area contributed by atoms with Gasteiger partial charge in [0.15, 0.2) is 23.1 Å². The molecule has 16 aliphatic carbocycles. The van der Waals surface area contributed by atoms with Crippen LogP contribution in [-0.4, -0.2) is 121 Å². The minimum Gasteiger partial charge on any atom is -0.390 e. The van der Waals surface area contributed by atoms with Gasteiger partial charge in [0.2, 0.25) is 0 Å². The Kier molecular flexibility index (Phi) is 24.6. The molecule has 32 atom stereocenters. The van der Waals surface area contributed by atoms with Gasteiger partial charge >= 0.3 is 0 Å². The third kappa shape index (κ3) is 17.1. The Morgan fingerprint density at radius 3 is 1.10 bits per heavy atom. The van der Waals surface area contributed by atoms with Gasteiger partial charge in [-0.3, -0.25) is 23.9 Å². The molecular weight excluding hydrogens is 1720 g/mol. The maximum absolute atomic E-state index is 13.7. The van der Waals surface area contributed by atoms with Gasteiger partial charge in [0.05, 0.1) is 56.8 Å². The predicted octanol–water partition coefficient (Wildman–Crippen LogP) is 22.5. The molecule has 16 fully saturated rings. The number of carbonyl (C=O) groups is 4. The van der Waals surface area contributed by atoms with Crippen LogP contribution in [0.2, 0.25) is 15.1 Å². The first-order chi connectivity index (χ1) is 63.5. The van der Waals surface area contributed by atoms with Crippen molar-refractivity contribution < 1.29 is 39.6 Å². The zero-order valence-corrected chi connectivity index (χ0v) is 82.3. The molecule has 714 valence electrons. The molecule has 23 heteroatoms. The van der Waals surface area contributed by atoms with E-state index in [4.69, 9.17) is 40.1 Å². The number of nitrogens with zero attached hydrogens (tertiary/aromatic N) is 12. The van der Waals surface area contributed by atoms with Crippen LogP contribution in [0.4, 0.5) is 0 Å². The summed E-state index contributed by atoms with van der Waals surface area (Å²) < 4.78 is 5.33. The minimum atomic E-state index is -0.463. The van der Waals surface area contributed by atoms with Crippen molar-refractivity contribution in [2.75, 3.05) is 0 Å². The van der Waals surface area contributed by atoms with E-state index >= 15 is 0 Å². The average Bonchev–Trinajstić information content (AvgIpc) is 1.63. The lowest BCUT2D eigenvalue weighted by atomic mass is 9.49. The zero-order valence-electron chi connectivity index (χ0n) is 80.1. The molecule has 0 bridgehead atoms. The summed E-state index contributed by atoms with van der Waals surface area (Å²) in [5.74, 6) is 16.6. The van der Waals surface area contributed by atoms with Crippen molar-refractivity contribution in [3.05, 3.63) is 99.6 Å². The average molecular weight is 1870 g/mol. The molecule has 4 N–H and O–H groups in total. The van der Waals surface area contributed by atoms with Crippen molar-refractivity contribution >= 4 is 102 Å². The first kappa shape index (κ1) is 92.8. The van der Waals surface area contributed by atoms with Gasteiger partial charge in [-0.15, -0.1) is 10.2 Å². The van der Waals surface area contributed by atoms with Gasteiger partial charge in [-0.1, -0.05) is 72.9 Å². The first-order valence-electron chi connectivity index (χ1n) is 52.4. The number of Topliss-reactive ketones (excluding diaryl/α,β-unsaturated/α-hetero) is 4. The second-order valence-corrected chi connectivity index (χ2v) is 50.4. The molecule has 16 saturated carbocycles. The van der Waals surface area contributed by atoms with Gasteiger partial charge in [0, 0.05) is 44.1 Å². The van der Waals surface area contributed by atoms with Gasteiger partial charge in [-0.05, 0) is 472 Å². The first-order valence-corrected chi connectivity index (χ1v) is 53.5. The minimum absolute atomic E-state index is 0.110. The third-order valence-electron chi connectivity index (χ3n) is 41.8. The van der Waals surface area contributed by atoms with Crippen molar-refractivity contribution in [1.82, 2.24) is 54.8 Å². The second kappa shape index (κ2) is 35.3. The molecule has 0 spiro atoms. The highest BCUT2D eigenvalue weighted by Gasteiger charge is 2.65. The van der Waals surface area contributed by atoms with Crippen molar-refractivity contribution in [3.8, 4) is 6.07 Å². The van der Waals surface area contributed by atoms with Crippen LogP contribution in [0.15, 0.2) is 79.0 Å². The number of nitriles is 1. The van der Waals surface area contributed by atoms with Gasteiger partial charge in [-0.25, -0.2) is 9.36 Å². The highest BCUT2D eigenvalue weighted by Crippen LogP contribution is 2.70. The number of aliphatic hydroxyl groups is 4. The van der Waals surface area contributed by atoms with Crippen molar-refractivity contribution in [3.63, 3.8) is 0 Å². The van der Waals surface area contributed by atoms with Crippen LogP contribution in [-0.2, 0) is 45.4 Å². The molecule has 0 amide bonds. The van der Waals surface area contributed by atoms with Gasteiger partial charge in [0.1, 0.15) is 48.2 Å². The number of carbonyl (C=O) groups excluding carboxylic acids is 4. The topological polar surface area (TPSA) is 283 Å². The smallest absolute Gasteiger partial charge is 0.159 e. The molecule has 8 aromatic rings. The number of benzene rings is 4. The number of aromatic nitrogens is 11. The Balaban J connectivity index is 0.000000107. The third-order valence-corrected chi connectivity index (χ3v) is 42.5. The molecule has 0 radical (unpaired) electrons. The Morgan fingerprint density at radius 2 is 0.684 bits per heavy atom. The Bertz CT molecular complexity index is 5770. The molecule has 20 nitrogen and oxygen atoms in total. The van der Waals surface area contributed by atoms with E-state index in [-0.39, 0.29) is 58.4 Å². The number of ketones is 4. The molecule has 24 rings (SSSR count). The SMILES string of the molecule is C[C@@]1(O)CC[C@H]2[C@H](CC[C@@H]3[C@@H]2CC[C@]2(C)[C@@H](C(=O)Cn4nc5ccc(Cl)cc5n4)CC[C@@H]32)C1.C[C@@]1(O)CC[C@H]2[C@H](CC[C@@H]3[C@@H]2CC[C@]2(C)[C@@H](C(=O)Cn4ncc5cc(C#N)ccc54)CC[C@@H]32)C1.C[C@@]1(O)CC[C@H]2[C@H](CC[C@@H]3[C@@H]2CC[C@]2(C)[C@@H](C(=O)Cn4nnc5cc(Cl)ccc54)CC[C@@H]32)C1.C[C@@]1(O)CC[C@H]2[C@H](CC[C@@H]3[C@@H]2CC[C@]2(C)[C@@H](C(=O)Cn4nnc5ccc(Cl)cc54)CC[C@@H]32)C1. The van der Waals surface area contributed by atoms with E-state index in [2.05, 4.69) is 69.7 Å². The van der Waals surface area contributed by atoms with Crippen LogP contribution in [0, 0.1) is 175 Å². The molecule has 133 heavy (non-hydrogen) atoms. The lowest BCUT2D eigenvalue weighted by Gasteiger charge is -2.56. The van der Waals surface area contributed by atoms with Crippen LogP contribution >= 0.6 is 34.8 Å². The van der Waals surface area contributed by atoms with Gasteiger partial charge < -0.3 is 20.4 Å². The summed E-state index contributed by atoms with van der Waals surface area (Å²) in [5, 5.41) is 85.0. The fourth-order valence-corrected chi connectivity index (χ4v) is 36.4. The Hall–Kier alpha value is -6.57. The quantitative estimate of drug-likeness (QED) is 0.0884. The molecule has 4 heterocycles. The summed E-state index contributed by atoms with van der Waals surface area (Å²) in [7, 11) is 0.